The van der Waals surface area contributed by atoms with Gasteiger partial charge in [-0.3, -0.25) is 0 Å². The first-order chi connectivity index (χ1) is 33.2. The lowest BCUT2D eigenvalue weighted by Gasteiger charge is -2.50. The van der Waals surface area contributed by atoms with Crippen molar-refractivity contribution in [2.75, 3.05) is 9.80 Å². The van der Waals surface area contributed by atoms with E-state index in [1.807, 2.05) is 23.1 Å². The van der Waals surface area contributed by atoms with Crippen molar-refractivity contribution in [3.05, 3.63) is 218 Å². The number of hydrogen-bond donors (Lipinski definition) is 0. The average molecular weight is 885 g/mol. The Morgan fingerprint density at radius 2 is 0.970 bits per heavy atom. The number of nitrogens with zero attached hydrogens (tertiary/aromatic N) is 2. The van der Waals surface area contributed by atoms with E-state index in [1.54, 1.807) is 0 Å². The van der Waals surface area contributed by atoms with Crippen molar-refractivity contribution in [3.63, 3.8) is 0 Å². The highest BCUT2D eigenvalue weighted by molar-refractivity contribution is 8.00. The zero-order chi connectivity index (χ0) is 43.9. The number of aryl methyl sites for hydroxylation is 1. The van der Waals surface area contributed by atoms with Crippen LogP contribution in [0.2, 0.25) is 0 Å². The number of thiophene rings is 1. The van der Waals surface area contributed by atoms with Gasteiger partial charge in [0.15, 0.2) is 0 Å². The number of anilines is 6. The molecule has 4 aliphatic rings. The van der Waals surface area contributed by atoms with Crippen LogP contribution in [0.1, 0.15) is 5.56 Å². The maximum atomic E-state index is 2.68. The largest absolute Gasteiger partial charge is 0.312 e. The lowest BCUT2D eigenvalue weighted by molar-refractivity contribution is 1.22. The summed E-state index contributed by atoms with van der Waals surface area (Å²) >= 11 is 3.88. The summed E-state index contributed by atoms with van der Waals surface area (Å²) in [5.41, 5.74) is 24.5. The minimum absolute atomic E-state index is 0.00899. The van der Waals surface area contributed by atoms with E-state index in [0.29, 0.717) is 0 Å². The quantitative estimate of drug-likeness (QED) is 0.163. The lowest BCUT2D eigenvalue weighted by Crippen LogP contribution is -2.68. The molecule has 67 heavy (non-hydrogen) atoms. The van der Waals surface area contributed by atoms with Gasteiger partial charge >= 0.3 is 0 Å². The summed E-state index contributed by atoms with van der Waals surface area (Å²) in [6, 6.07) is 80.1. The molecule has 5 heterocycles. The van der Waals surface area contributed by atoms with Gasteiger partial charge in [-0.2, -0.15) is 0 Å². The fourth-order valence-electron chi connectivity index (χ4n) is 12.1. The Hall–Kier alpha value is -7.50. The van der Waals surface area contributed by atoms with E-state index in [4.69, 9.17) is 0 Å². The Bertz CT molecular complexity index is 3890. The minimum atomic E-state index is -0.0354. The van der Waals surface area contributed by atoms with Crippen molar-refractivity contribution in [2.24, 2.45) is 0 Å². The molecule has 2 nitrogen and oxygen atoms in total. The number of para-hydroxylation sites is 2. The highest BCUT2D eigenvalue weighted by Gasteiger charge is 2.52. The van der Waals surface area contributed by atoms with Crippen LogP contribution in [0.5, 0.6) is 0 Å². The Labute approximate surface area is 399 Å². The second-order valence-corrected chi connectivity index (χ2v) is 20.4. The summed E-state index contributed by atoms with van der Waals surface area (Å²) in [5, 5.41) is 2.65. The van der Waals surface area contributed by atoms with Crippen LogP contribution in [0.4, 0.5) is 34.1 Å². The second-order valence-electron chi connectivity index (χ2n) is 18.3. The van der Waals surface area contributed by atoms with Crippen LogP contribution in [-0.2, 0) is 0 Å². The van der Waals surface area contributed by atoms with Crippen molar-refractivity contribution in [3.8, 4) is 33.4 Å². The first-order valence-electron chi connectivity index (χ1n) is 23.2. The van der Waals surface area contributed by atoms with Crippen LogP contribution in [0, 0.1) is 6.92 Å². The number of fused-ring (bicyclic) bond motifs is 13. The van der Waals surface area contributed by atoms with E-state index in [1.165, 1.54) is 136 Å². The van der Waals surface area contributed by atoms with Crippen molar-refractivity contribution in [1.82, 2.24) is 0 Å². The summed E-state index contributed by atoms with van der Waals surface area (Å²) in [6.45, 7) is 2.25. The normalized spacial score (nSPS) is 13.6. The van der Waals surface area contributed by atoms with Gasteiger partial charge in [0.25, 0.3) is 6.71 Å². The van der Waals surface area contributed by atoms with Gasteiger partial charge in [0.1, 0.15) is 0 Å². The van der Waals surface area contributed by atoms with Crippen LogP contribution in [0.3, 0.4) is 0 Å². The molecule has 11 aromatic rings. The van der Waals surface area contributed by atoms with Gasteiger partial charge in [-0.05, 0) is 110 Å². The van der Waals surface area contributed by atoms with Gasteiger partial charge in [0, 0.05) is 64.0 Å². The molecule has 0 amide bonds. The topological polar surface area (TPSA) is 6.48 Å². The molecule has 4 aliphatic heterocycles. The molecule has 0 saturated heterocycles. The maximum Gasteiger partial charge on any atom is 0.252 e. The van der Waals surface area contributed by atoms with Gasteiger partial charge in [0.2, 0.25) is 6.71 Å². The molecule has 0 bridgehead atoms. The summed E-state index contributed by atoms with van der Waals surface area (Å²) in [7, 11) is 0. The molecule has 1 aromatic heterocycles. The van der Waals surface area contributed by atoms with E-state index >= 15 is 0 Å². The van der Waals surface area contributed by atoms with Gasteiger partial charge in [-0.15, -0.1) is 11.3 Å². The highest BCUT2D eigenvalue weighted by Crippen LogP contribution is 2.55. The van der Waals surface area contributed by atoms with Crippen molar-refractivity contribution >= 4 is 124 Å². The monoisotopic (exact) mass is 884 g/mol. The molecule has 10 aromatic carbocycles. The summed E-state index contributed by atoms with van der Waals surface area (Å²) in [6.07, 6.45) is 0. The molecule has 0 spiro atoms. The number of rotatable bonds is 4. The SMILES string of the molecule is Cc1ccccc1N1c2ccccc2B2c3cc(-c4ccccc4)ccc3N3c4ccc(-c5ccccc5)cc4B4c5ccccc5Sc5c4c3c2c1c5-c1cccc2sc3ccccc3c12. The summed E-state index contributed by atoms with van der Waals surface area (Å²) in [5.74, 6) is 0. The second kappa shape index (κ2) is 14.3. The molecule has 15 rings (SSSR count). The maximum absolute atomic E-state index is 2.68. The van der Waals surface area contributed by atoms with Gasteiger partial charge in [-0.25, -0.2) is 0 Å². The first kappa shape index (κ1) is 37.7. The van der Waals surface area contributed by atoms with E-state index in [0.717, 1.165) is 0 Å². The molecule has 0 unspecified atom stereocenters. The smallest absolute Gasteiger partial charge is 0.252 e. The van der Waals surface area contributed by atoms with Crippen LogP contribution in [0.25, 0.3) is 53.6 Å². The third-order valence-electron chi connectivity index (χ3n) is 14.8. The predicted molar refractivity (Wildman–Crippen MR) is 290 cm³/mol. The molecule has 0 fully saturated rings. The summed E-state index contributed by atoms with van der Waals surface area (Å²) < 4.78 is 2.63. The van der Waals surface area contributed by atoms with E-state index in [9.17, 15) is 0 Å². The molecule has 310 valence electrons. The zero-order valence-corrected chi connectivity index (χ0v) is 38.2. The molecule has 0 aliphatic carbocycles. The van der Waals surface area contributed by atoms with Crippen molar-refractivity contribution in [2.45, 2.75) is 16.7 Å². The van der Waals surface area contributed by atoms with Crippen LogP contribution in [-0.4, -0.2) is 13.4 Å². The van der Waals surface area contributed by atoms with Gasteiger partial charge in [-0.1, -0.05) is 187 Å². The molecular weight excluding hydrogens is 846 g/mol. The van der Waals surface area contributed by atoms with Crippen molar-refractivity contribution < 1.29 is 0 Å². The average Bonchev–Trinajstić information content (AvgIpc) is 3.78. The van der Waals surface area contributed by atoms with Gasteiger partial charge < -0.3 is 9.80 Å². The Kier molecular flexibility index (Phi) is 8.02. The molecule has 6 heteroatoms. The predicted octanol–water partition coefficient (Wildman–Crippen LogP) is 12.7. The number of benzene rings is 10. The Morgan fingerprint density at radius 1 is 0.403 bits per heavy atom. The lowest BCUT2D eigenvalue weighted by atomic mass is 9.29. The van der Waals surface area contributed by atoms with Crippen molar-refractivity contribution in [1.29, 1.82) is 0 Å². The first-order valence-corrected chi connectivity index (χ1v) is 24.9. The highest BCUT2D eigenvalue weighted by atomic mass is 32.2. The van der Waals surface area contributed by atoms with E-state index in [-0.39, 0.29) is 13.4 Å². The van der Waals surface area contributed by atoms with E-state index in [2.05, 4.69) is 229 Å². The van der Waals surface area contributed by atoms with Crippen LogP contribution in [0.15, 0.2) is 222 Å². The Balaban J connectivity index is 1.17. The molecule has 0 radical (unpaired) electrons. The summed E-state index contributed by atoms with van der Waals surface area (Å²) in [4.78, 5) is 8.01. The number of hydrogen-bond acceptors (Lipinski definition) is 4. The van der Waals surface area contributed by atoms with Crippen LogP contribution >= 0.6 is 23.1 Å². The third-order valence-corrected chi connectivity index (χ3v) is 17.2. The molecule has 0 atom stereocenters. The van der Waals surface area contributed by atoms with Gasteiger partial charge in [0.05, 0.1) is 5.69 Å². The zero-order valence-electron chi connectivity index (χ0n) is 36.6. The molecule has 0 saturated carbocycles. The fourth-order valence-corrected chi connectivity index (χ4v) is 14.5. The minimum Gasteiger partial charge on any atom is -0.312 e. The van der Waals surface area contributed by atoms with E-state index < -0.39 is 0 Å². The molecular formula is C61H38B2N2S2. The third kappa shape index (κ3) is 5.26. The standard InChI is InChI=1S/C61H38B2N2S2/c1-37-17-8-12-26-48(37)64-49-27-13-10-24-44(49)62-46-35-40(38-18-4-2-5-19-38)31-33-50(46)65-51-34-32-41(39-20-6-3-7-21-39)36-47(51)63-45-25-11-15-29-53(45)67-61-56(59(64)57(62)60(65)58(61)63)43-23-16-30-54-55(43)42-22-9-14-28-52(42)66-54/h2-36H,1H3. The Morgan fingerprint density at radius 3 is 1.70 bits per heavy atom. The fraction of sp³-hybridized carbons (Fsp3) is 0.0164. The molecule has 0 N–H and O–H groups in total. The van der Waals surface area contributed by atoms with Crippen LogP contribution < -0.4 is 42.6 Å².